The summed E-state index contributed by atoms with van der Waals surface area (Å²) in [5, 5.41) is 11.9. The number of aliphatic hydroxyl groups is 1. The standard InChI is InChI=1S/C13H20N2O2/c1-3-9(2)12(14)13(17)15-11-7-5-4-6-10(11)8-16/h4-7,9,12,16H,3,8,14H2,1-2H3,(H,15,17)/t9-,12-/m0/s1. The molecule has 0 aromatic heterocycles. The van der Waals surface area contributed by atoms with Gasteiger partial charge in [-0.2, -0.15) is 0 Å². The molecule has 0 aliphatic carbocycles. The first kappa shape index (κ1) is 13.7. The number of nitrogens with one attached hydrogen (secondary N) is 1. The molecule has 94 valence electrons. The minimum atomic E-state index is -0.522. The molecule has 0 heterocycles. The lowest BCUT2D eigenvalue weighted by molar-refractivity contribution is -0.118. The molecule has 1 aromatic rings. The largest absolute Gasteiger partial charge is 0.392 e. The second-order valence-electron chi connectivity index (χ2n) is 4.22. The molecule has 4 nitrogen and oxygen atoms in total. The molecule has 2 atom stereocenters. The molecule has 0 radical (unpaired) electrons. The number of carbonyl (C=O) groups excluding carboxylic acids is 1. The normalized spacial score (nSPS) is 14.1. The molecule has 0 unspecified atom stereocenters. The van der Waals surface area contributed by atoms with Crippen LogP contribution in [-0.2, 0) is 11.4 Å². The maximum absolute atomic E-state index is 11.9. The van der Waals surface area contributed by atoms with Crippen LogP contribution in [0.4, 0.5) is 5.69 Å². The highest BCUT2D eigenvalue weighted by Gasteiger charge is 2.19. The number of para-hydroxylation sites is 1. The van der Waals surface area contributed by atoms with Crippen molar-refractivity contribution in [2.24, 2.45) is 11.7 Å². The van der Waals surface area contributed by atoms with E-state index in [1.54, 1.807) is 12.1 Å². The summed E-state index contributed by atoms with van der Waals surface area (Å²) in [6, 6.07) is 6.63. The Morgan fingerprint density at radius 1 is 1.47 bits per heavy atom. The molecule has 0 aliphatic rings. The van der Waals surface area contributed by atoms with Crippen LogP contribution in [0.15, 0.2) is 24.3 Å². The van der Waals surface area contributed by atoms with E-state index in [1.807, 2.05) is 26.0 Å². The van der Waals surface area contributed by atoms with Gasteiger partial charge in [-0.3, -0.25) is 4.79 Å². The van der Waals surface area contributed by atoms with Gasteiger partial charge in [0.05, 0.1) is 12.6 Å². The first-order valence-corrected chi connectivity index (χ1v) is 5.85. The van der Waals surface area contributed by atoms with Crippen LogP contribution in [0.1, 0.15) is 25.8 Å². The predicted octanol–water partition coefficient (Wildman–Crippen LogP) is 1.49. The molecule has 1 amide bonds. The van der Waals surface area contributed by atoms with Crippen LogP contribution >= 0.6 is 0 Å². The zero-order valence-electron chi connectivity index (χ0n) is 10.3. The van der Waals surface area contributed by atoms with Crippen molar-refractivity contribution in [2.45, 2.75) is 32.9 Å². The number of amides is 1. The van der Waals surface area contributed by atoms with E-state index in [-0.39, 0.29) is 18.4 Å². The highest BCUT2D eigenvalue weighted by atomic mass is 16.3. The van der Waals surface area contributed by atoms with Crippen molar-refractivity contribution >= 4 is 11.6 Å². The maximum atomic E-state index is 11.9. The van der Waals surface area contributed by atoms with Gasteiger partial charge in [-0.1, -0.05) is 38.5 Å². The van der Waals surface area contributed by atoms with E-state index in [9.17, 15) is 4.79 Å². The Hall–Kier alpha value is -1.39. The average molecular weight is 236 g/mol. The number of anilines is 1. The van der Waals surface area contributed by atoms with Gasteiger partial charge >= 0.3 is 0 Å². The lowest BCUT2D eigenvalue weighted by atomic mass is 9.99. The average Bonchev–Trinajstić information content (AvgIpc) is 2.37. The van der Waals surface area contributed by atoms with E-state index in [2.05, 4.69) is 5.32 Å². The zero-order chi connectivity index (χ0) is 12.8. The molecule has 0 bridgehead atoms. The fourth-order valence-corrected chi connectivity index (χ4v) is 1.51. The van der Waals surface area contributed by atoms with E-state index < -0.39 is 6.04 Å². The zero-order valence-corrected chi connectivity index (χ0v) is 10.3. The summed E-state index contributed by atoms with van der Waals surface area (Å²) in [5.41, 5.74) is 7.15. The topological polar surface area (TPSA) is 75.4 Å². The van der Waals surface area contributed by atoms with Crippen LogP contribution in [0.25, 0.3) is 0 Å². The van der Waals surface area contributed by atoms with Crippen LogP contribution in [0.3, 0.4) is 0 Å². The van der Waals surface area contributed by atoms with Gasteiger partial charge in [-0.05, 0) is 12.0 Å². The summed E-state index contributed by atoms with van der Waals surface area (Å²) in [5.74, 6) is -0.0726. The van der Waals surface area contributed by atoms with Gasteiger partial charge in [0.15, 0.2) is 0 Å². The number of hydrogen-bond acceptors (Lipinski definition) is 3. The van der Waals surface area contributed by atoms with E-state index in [0.717, 1.165) is 6.42 Å². The summed E-state index contributed by atoms with van der Waals surface area (Å²) in [6.45, 7) is 3.84. The molecule has 1 rings (SSSR count). The Morgan fingerprint density at radius 3 is 2.71 bits per heavy atom. The molecule has 0 saturated heterocycles. The van der Waals surface area contributed by atoms with Gasteiger partial charge < -0.3 is 16.2 Å². The number of carbonyl (C=O) groups is 1. The highest BCUT2D eigenvalue weighted by Crippen LogP contribution is 2.16. The fourth-order valence-electron chi connectivity index (χ4n) is 1.51. The van der Waals surface area contributed by atoms with E-state index in [4.69, 9.17) is 10.8 Å². The fraction of sp³-hybridized carbons (Fsp3) is 0.462. The Morgan fingerprint density at radius 2 is 2.12 bits per heavy atom. The van der Waals surface area contributed by atoms with Gasteiger partial charge in [-0.25, -0.2) is 0 Å². The molecule has 0 saturated carbocycles. The quantitative estimate of drug-likeness (QED) is 0.725. The van der Waals surface area contributed by atoms with Crippen molar-refractivity contribution < 1.29 is 9.90 Å². The number of nitrogens with two attached hydrogens (primary N) is 1. The third-order valence-corrected chi connectivity index (χ3v) is 3.01. The van der Waals surface area contributed by atoms with Crippen LogP contribution in [0.5, 0.6) is 0 Å². The lowest BCUT2D eigenvalue weighted by Crippen LogP contribution is -2.40. The van der Waals surface area contributed by atoms with Gasteiger partial charge in [0.1, 0.15) is 0 Å². The maximum Gasteiger partial charge on any atom is 0.241 e. The van der Waals surface area contributed by atoms with Crippen LogP contribution in [-0.4, -0.2) is 17.1 Å². The minimum Gasteiger partial charge on any atom is -0.392 e. The third-order valence-electron chi connectivity index (χ3n) is 3.01. The molecular formula is C13H20N2O2. The highest BCUT2D eigenvalue weighted by molar-refractivity contribution is 5.95. The Kier molecular flexibility index (Phi) is 5.12. The molecular weight excluding hydrogens is 216 g/mol. The molecule has 1 aromatic carbocycles. The predicted molar refractivity (Wildman–Crippen MR) is 68.4 cm³/mol. The molecule has 0 fully saturated rings. The smallest absolute Gasteiger partial charge is 0.241 e. The van der Waals surface area contributed by atoms with Crippen molar-refractivity contribution in [1.82, 2.24) is 0 Å². The summed E-state index contributed by atoms with van der Waals surface area (Å²) >= 11 is 0. The van der Waals surface area contributed by atoms with Crippen LogP contribution in [0, 0.1) is 5.92 Å². The van der Waals surface area contributed by atoms with Gasteiger partial charge in [0, 0.05) is 11.3 Å². The number of rotatable bonds is 5. The van der Waals surface area contributed by atoms with E-state index in [1.165, 1.54) is 0 Å². The third kappa shape index (κ3) is 3.54. The minimum absolute atomic E-state index is 0.102. The molecule has 17 heavy (non-hydrogen) atoms. The number of benzene rings is 1. The SMILES string of the molecule is CC[C@H](C)[C@H](N)C(=O)Nc1ccccc1CO. The van der Waals surface area contributed by atoms with Crippen molar-refractivity contribution in [3.05, 3.63) is 29.8 Å². The summed E-state index contributed by atoms with van der Waals surface area (Å²) in [6.07, 6.45) is 0.857. The van der Waals surface area contributed by atoms with Crippen LogP contribution in [0.2, 0.25) is 0 Å². The second-order valence-corrected chi connectivity index (χ2v) is 4.22. The Bertz CT molecular complexity index is 379. The Labute approximate surface area is 102 Å². The van der Waals surface area contributed by atoms with E-state index in [0.29, 0.717) is 11.3 Å². The van der Waals surface area contributed by atoms with E-state index >= 15 is 0 Å². The van der Waals surface area contributed by atoms with Gasteiger partial charge in [0.25, 0.3) is 0 Å². The lowest BCUT2D eigenvalue weighted by Gasteiger charge is -2.18. The first-order valence-electron chi connectivity index (χ1n) is 5.85. The van der Waals surface area contributed by atoms with Gasteiger partial charge in [0.2, 0.25) is 5.91 Å². The van der Waals surface area contributed by atoms with Crippen LogP contribution < -0.4 is 11.1 Å². The molecule has 4 heteroatoms. The van der Waals surface area contributed by atoms with Crippen molar-refractivity contribution in [1.29, 1.82) is 0 Å². The van der Waals surface area contributed by atoms with Gasteiger partial charge in [-0.15, -0.1) is 0 Å². The monoisotopic (exact) mass is 236 g/mol. The van der Waals surface area contributed by atoms with Crippen molar-refractivity contribution in [2.75, 3.05) is 5.32 Å². The van der Waals surface area contributed by atoms with Crippen molar-refractivity contribution in [3.8, 4) is 0 Å². The van der Waals surface area contributed by atoms with Crippen molar-refractivity contribution in [3.63, 3.8) is 0 Å². The first-order chi connectivity index (χ1) is 8.10. The summed E-state index contributed by atoms with van der Waals surface area (Å²) in [4.78, 5) is 11.9. The summed E-state index contributed by atoms with van der Waals surface area (Å²) < 4.78 is 0. The molecule has 0 spiro atoms. The molecule has 0 aliphatic heterocycles. The molecule has 4 N–H and O–H groups in total. The summed E-state index contributed by atoms with van der Waals surface area (Å²) in [7, 11) is 0. The number of hydrogen-bond donors (Lipinski definition) is 3. The Balaban J connectivity index is 2.74. The second kappa shape index (κ2) is 6.37. The number of aliphatic hydroxyl groups excluding tert-OH is 1.